The van der Waals surface area contributed by atoms with Crippen molar-refractivity contribution < 1.29 is 4.79 Å². The van der Waals surface area contributed by atoms with Gasteiger partial charge in [0.2, 0.25) is 0 Å². The Balaban J connectivity index is 1.52. The molecule has 1 amide bonds. The fourth-order valence-electron chi connectivity index (χ4n) is 2.85. The van der Waals surface area contributed by atoms with E-state index < -0.39 is 0 Å². The van der Waals surface area contributed by atoms with Gasteiger partial charge in [-0.25, -0.2) is 4.98 Å². The van der Waals surface area contributed by atoms with Crippen LogP contribution in [0.25, 0.3) is 21.5 Å². The number of benzene rings is 1. The van der Waals surface area contributed by atoms with E-state index >= 15 is 0 Å². The molecule has 3 aromatic heterocycles. The molecule has 0 aliphatic carbocycles. The number of aromatic nitrogens is 2. The van der Waals surface area contributed by atoms with E-state index in [2.05, 4.69) is 26.7 Å². The van der Waals surface area contributed by atoms with Gasteiger partial charge in [-0.3, -0.25) is 9.78 Å². The fraction of sp³-hybridized carbons (Fsp3) is 0.150. The zero-order valence-corrected chi connectivity index (χ0v) is 16.1. The Morgan fingerprint density at radius 2 is 1.96 bits per heavy atom. The molecular formula is C20H17N3OS2. The number of hydrogen-bond acceptors (Lipinski definition) is 5. The number of para-hydroxylation sites is 1. The highest BCUT2D eigenvalue weighted by atomic mass is 32.1. The Labute approximate surface area is 159 Å². The lowest BCUT2D eigenvalue weighted by molar-refractivity contribution is 0.0953. The lowest BCUT2D eigenvalue weighted by Gasteiger charge is -2.08. The Bertz CT molecular complexity index is 1100. The summed E-state index contributed by atoms with van der Waals surface area (Å²) in [6, 6.07) is 13.7. The van der Waals surface area contributed by atoms with Gasteiger partial charge in [0.15, 0.2) is 0 Å². The van der Waals surface area contributed by atoms with Crippen molar-refractivity contribution in [3.8, 4) is 10.6 Å². The molecule has 0 fully saturated rings. The summed E-state index contributed by atoms with van der Waals surface area (Å²) in [4.78, 5) is 24.0. The molecule has 0 unspecified atom stereocenters. The third-order valence-corrected chi connectivity index (χ3v) is 5.93. The maximum Gasteiger partial charge on any atom is 0.252 e. The number of thiophene rings is 1. The van der Waals surface area contributed by atoms with Crippen LogP contribution in [0, 0.1) is 13.8 Å². The minimum absolute atomic E-state index is 0.0776. The number of nitrogens with one attached hydrogen (secondary N) is 1. The van der Waals surface area contributed by atoms with Crippen LogP contribution in [0.2, 0.25) is 0 Å². The second-order valence-electron chi connectivity index (χ2n) is 6.03. The summed E-state index contributed by atoms with van der Waals surface area (Å²) in [5, 5.41) is 7.03. The number of rotatable bonds is 4. The number of nitrogens with zero attached hydrogens (tertiary/aromatic N) is 2. The van der Waals surface area contributed by atoms with Crippen LogP contribution in [-0.4, -0.2) is 15.9 Å². The summed E-state index contributed by atoms with van der Waals surface area (Å²) in [6.07, 6.45) is 0. The van der Waals surface area contributed by atoms with E-state index in [0.717, 1.165) is 37.1 Å². The van der Waals surface area contributed by atoms with Gasteiger partial charge in [-0.15, -0.1) is 22.7 Å². The quantitative estimate of drug-likeness (QED) is 0.545. The maximum absolute atomic E-state index is 12.7. The molecule has 1 aromatic carbocycles. The predicted octanol–water partition coefficient (Wildman–Crippen LogP) is 4.97. The zero-order chi connectivity index (χ0) is 18.1. The summed E-state index contributed by atoms with van der Waals surface area (Å²) in [5.74, 6) is -0.0776. The average Bonchev–Trinajstić information content (AvgIpc) is 3.27. The highest BCUT2D eigenvalue weighted by Crippen LogP contribution is 2.29. The summed E-state index contributed by atoms with van der Waals surface area (Å²) in [6.45, 7) is 4.41. The molecule has 0 aliphatic rings. The smallest absolute Gasteiger partial charge is 0.252 e. The zero-order valence-electron chi connectivity index (χ0n) is 14.4. The molecule has 4 aromatic rings. The number of amides is 1. The Hall–Kier alpha value is -2.57. The van der Waals surface area contributed by atoms with E-state index in [1.165, 1.54) is 0 Å². The van der Waals surface area contributed by atoms with E-state index in [-0.39, 0.29) is 5.91 Å². The number of thiazole rings is 1. The molecule has 0 atom stereocenters. The number of fused-ring (bicyclic) bond motifs is 1. The Kier molecular flexibility index (Phi) is 4.53. The number of hydrogen-bond donors (Lipinski definition) is 1. The molecule has 0 aliphatic heterocycles. The molecule has 4 nitrogen and oxygen atoms in total. The lowest BCUT2D eigenvalue weighted by atomic mass is 10.1. The topological polar surface area (TPSA) is 54.9 Å². The third-order valence-electron chi connectivity index (χ3n) is 4.05. The predicted molar refractivity (Wildman–Crippen MR) is 108 cm³/mol. The first-order valence-electron chi connectivity index (χ1n) is 8.26. The number of carbonyl (C=O) groups excluding carboxylic acids is 1. The number of pyridine rings is 1. The van der Waals surface area contributed by atoms with Crippen LogP contribution in [0.4, 0.5) is 0 Å². The molecule has 1 N–H and O–H groups in total. The number of carbonyl (C=O) groups is 1. The second-order valence-corrected chi connectivity index (χ2v) is 8.26. The van der Waals surface area contributed by atoms with Crippen LogP contribution in [0.1, 0.15) is 25.9 Å². The van der Waals surface area contributed by atoms with Crippen molar-refractivity contribution in [1.82, 2.24) is 15.3 Å². The van der Waals surface area contributed by atoms with Gasteiger partial charge in [-0.05, 0) is 38.1 Å². The molecular weight excluding hydrogens is 362 g/mol. The molecule has 4 rings (SSSR count). The van der Waals surface area contributed by atoms with E-state index in [1.54, 1.807) is 22.7 Å². The summed E-state index contributed by atoms with van der Waals surface area (Å²) < 4.78 is 0. The molecule has 130 valence electrons. The van der Waals surface area contributed by atoms with Gasteiger partial charge >= 0.3 is 0 Å². The van der Waals surface area contributed by atoms with Crippen LogP contribution in [-0.2, 0) is 6.54 Å². The SMILES string of the molecule is Cc1cc(C(=O)NCc2ccc(-c3csc(C)n3)s2)c2ccccc2n1. The molecule has 0 saturated carbocycles. The van der Waals surface area contributed by atoms with Gasteiger partial charge in [0, 0.05) is 21.3 Å². The molecule has 0 spiro atoms. The van der Waals surface area contributed by atoms with Gasteiger partial charge in [0.1, 0.15) is 0 Å². The van der Waals surface area contributed by atoms with E-state index in [0.29, 0.717) is 12.1 Å². The molecule has 0 bridgehead atoms. The van der Waals surface area contributed by atoms with Crippen molar-refractivity contribution in [2.45, 2.75) is 20.4 Å². The van der Waals surface area contributed by atoms with Crippen molar-refractivity contribution in [3.63, 3.8) is 0 Å². The first kappa shape index (κ1) is 16.9. The van der Waals surface area contributed by atoms with Crippen molar-refractivity contribution in [1.29, 1.82) is 0 Å². The standard InChI is InChI=1S/C20H17N3OS2/c1-12-9-16(15-5-3-4-6-17(15)22-12)20(24)21-10-14-7-8-19(26-14)18-11-25-13(2)23-18/h3-9,11H,10H2,1-2H3,(H,21,24). The van der Waals surface area contributed by atoms with Gasteiger partial charge in [0.05, 0.1) is 33.2 Å². The molecule has 6 heteroatoms. The largest absolute Gasteiger partial charge is 0.347 e. The summed E-state index contributed by atoms with van der Waals surface area (Å²) >= 11 is 3.31. The normalized spacial score (nSPS) is 11.0. The van der Waals surface area contributed by atoms with Crippen molar-refractivity contribution >= 4 is 39.5 Å². The highest BCUT2D eigenvalue weighted by Gasteiger charge is 2.12. The van der Waals surface area contributed by atoms with Gasteiger partial charge in [-0.1, -0.05) is 18.2 Å². The van der Waals surface area contributed by atoms with Crippen molar-refractivity contribution in [2.75, 3.05) is 0 Å². The molecule has 0 radical (unpaired) electrons. The van der Waals surface area contributed by atoms with E-state index in [1.807, 2.05) is 50.2 Å². The summed E-state index contributed by atoms with van der Waals surface area (Å²) in [7, 11) is 0. The van der Waals surface area contributed by atoms with Crippen LogP contribution < -0.4 is 5.32 Å². The van der Waals surface area contributed by atoms with Gasteiger partial charge < -0.3 is 5.32 Å². The monoisotopic (exact) mass is 379 g/mol. The molecule has 26 heavy (non-hydrogen) atoms. The molecule has 0 saturated heterocycles. The van der Waals surface area contributed by atoms with Crippen LogP contribution >= 0.6 is 22.7 Å². The average molecular weight is 380 g/mol. The highest BCUT2D eigenvalue weighted by molar-refractivity contribution is 7.16. The van der Waals surface area contributed by atoms with Crippen LogP contribution in [0.3, 0.4) is 0 Å². The van der Waals surface area contributed by atoms with E-state index in [9.17, 15) is 4.79 Å². The van der Waals surface area contributed by atoms with E-state index in [4.69, 9.17) is 0 Å². The van der Waals surface area contributed by atoms with Gasteiger partial charge in [0.25, 0.3) is 5.91 Å². The van der Waals surface area contributed by atoms with Crippen molar-refractivity contribution in [3.05, 3.63) is 69.0 Å². The lowest BCUT2D eigenvalue weighted by Crippen LogP contribution is -2.22. The molecule has 3 heterocycles. The Morgan fingerprint density at radius 1 is 1.12 bits per heavy atom. The Morgan fingerprint density at radius 3 is 2.77 bits per heavy atom. The third kappa shape index (κ3) is 3.38. The minimum atomic E-state index is -0.0776. The first-order chi connectivity index (χ1) is 12.6. The maximum atomic E-state index is 12.7. The van der Waals surface area contributed by atoms with Crippen molar-refractivity contribution in [2.24, 2.45) is 0 Å². The first-order valence-corrected chi connectivity index (χ1v) is 9.95. The fourth-order valence-corrected chi connectivity index (χ4v) is 4.44. The second kappa shape index (κ2) is 6.97. The summed E-state index contributed by atoms with van der Waals surface area (Å²) in [5.41, 5.74) is 3.35. The number of aryl methyl sites for hydroxylation is 2. The minimum Gasteiger partial charge on any atom is -0.347 e. The van der Waals surface area contributed by atoms with Gasteiger partial charge in [-0.2, -0.15) is 0 Å². The van der Waals surface area contributed by atoms with Crippen LogP contribution in [0.15, 0.2) is 47.8 Å². The van der Waals surface area contributed by atoms with Crippen LogP contribution in [0.5, 0.6) is 0 Å².